The Morgan fingerprint density at radius 1 is 1.29 bits per heavy atom. The standard InChI is InChI=1S/C8H15F3N2O/c9-8(10,11)7(14)6-13-4-1-2-12-3-5-13/h7,12,14H,1-6H2. The van der Waals surface area contributed by atoms with Gasteiger partial charge in [-0.2, -0.15) is 13.2 Å². The molecule has 14 heavy (non-hydrogen) atoms. The molecule has 6 heteroatoms. The molecule has 0 bridgehead atoms. The predicted molar refractivity (Wildman–Crippen MR) is 46.0 cm³/mol. The van der Waals surface area contributed by atoms with Crippen LogP contribution in [0.15, 0.2) is 0 Å². The molecular formula is C8H15F3N2O. The molecule has 1 fully saturated rings. The van der Waals surface area contributed by atoms with Crippen LogP contribution in [0.5, 0.6) is 0 Å². The van der Waals surface area contributed by atoms with E-state index in [0.717, 1.165) is 13.0 Å². The summed E-state index contributed by atoms with van der Waals surface area (Å²) in [4.78, 5) is 1.64. The van der Waals surface area contributed by atoms with E-state index in [-0.39, 0.29) is 6.54 Å². The fourth-order valence-electron chi connectivity index (χ4n) is 1.43. The highest BCUT2D eigenvalue weighted by Gasteiger charge is 2.39. The minimum atomic E-state index is -4.50. The summed E-state index contributed by atoms with van der Waals surface area (Å²) in [6, 6.07) is 0. The Morgan fingerprint density at radius 2 is 2.00 bits per heavy atom. The Morgan fingerprint density at radius 3 is 2.64 bits per heavy atom. The Balaban J connectivity index is 2.34. The molecule has 0 radical (unpaired) electrons. The van der Waals surface area contributed by atoms with Crippen LogP contribution in [-0.2, 0) is 0 Å². The van der Waals surface area contributed by atoms with E-state index in [4.69, 9.17) is 5.11 Å². The lowest BCUT2D eigenvalue weighted by Crippen LogP contribution is -2.42. The average Bonchev–Trinajstić information content (AvgIpc) is 2.31. The summed E-state index contributed by atoms with van der Waals surface area (Å²) < 4.78 is 36.0. The normalized spacial score (nSPS) is 23.1. The first kappa shape index (κ1) is 11.7. The quantitative estimate of drug-likeness (QED) is 0.686. The van der Waals surface area contributed by atoms with Crippen molar-refractivity contribution in [3.8, 4) is 0 Å². The summed E-state index contributed by atoms with van der Waals surface area (Å²) in [5.41, 5.74) is 0. The molecule has 0 saturated carbocycles. The molecule has 1 heterocycles. The second-order valence-corrected chi connectivity index (χ2v) is 3.46. The van der Waals surface area contributed by atoms with E-state index in [1.165, 1.54) is 0 Å². The van der Waals surface area contributed by atoms with Crippen LogP contribution in [0.1, 0.15) is 6.42 Å². The van der Waals surface area contributed by atoms with Crippen molar-refractivity contribution in [1.29, 1.82) is 0 Å². The van der Waals surface area contributed by atoms with E-state index >= 15 is 0 Å². The van der Waals surface area contributed by atoms with Crippen LogP contribution < -0.4 is 5.32 Å². The van der Waals surface area contributed by atoms with Crippen molar-refractivity contribution in [2.45, 2.75) is 18.7 Å². The first-order chi connectivity index (χ1) is 6.50. The molecule has 3 nitrogen and oxygen atoms in total. The number of halogens is 3. The summed E-state index contributed by atoms with van der Waals surface area (Å²) in [5, 5.41) is 11.9. The van der Waals surface area contributed by atoms with Crippen molar-refractivity contribution in [2.75, 3.05) is 32.7 Å². The first-order valence-corrected chi connectivity index (χ1v) is 4.68. The molecule has 0 spiro atoms. The molecule has 1 aliphatic heterocycles. The third-order valence-corrected chi connectivity index (χ3v) is 2.24. The lowest BCUT2D eigenvalue weighted by atomic mass is 10.3. The largest absolute Gasteiger partial charge is 0.415 e. The molecule has 0 aliphatic carbocycles. The second-order valence-electron chi connectivity index (χ2n) is 3.46. The summed E-state index contributed by atoms with van der Waals surface area (Å²) in [6.07, 6.45) is -5.90. The monoisotopic (exact) mass is 212 g/mol. The average molecular weight is 212 g/mol. The van der Waals surface area contributed by atoms with Gasteiger partial charge in [-0.15, -0.1) is 0 Å². The van der Waals surface area contributed by atoms with Crippen molar-refractivity contribution in [3.05, 3.63) is 0 Å². The highest BCUT2D eigenvalue weighted by molar-refractivity contribution is 4.73. The molecule has 84 valence electrons. The number of β-amino-alcohol motifs (C(OH)–C–C–N with tert-alkyl or cyclic N) is 1. The van der Waals surface area contributed by atoms with Gasteiger partial charge in [0.1, 0.15) is 0 Å². The van der Waals surface area contributed by atoms with Gasteiger partial charge in [-0.1, -0.05) is 0 Å². The third kappa shape index (κ3) is 3.81. The number of rotatable bonds is 2. The Bertz CT molecular complexity index is 166. The summed E-state index contributed by atoms with van der Waals surface area (Å²) in [7, 11) is 0. The number of nitrogens with zero attached hydrogens (tertiary/aromatic N) is 1. The number of hydrogen-bond acceptors (Lipinski definition) is 3. The lowest BCUT2D eigenvalue weighted by molar-refractivity contribution is -0.208. The molecule has 1 rings (SSSR count). The molecule has 1 atom stereocenters. The second kappa shape index (κ2) is 4.95. The van der Waals surface area contributed by atoms with E-state index in [1.807, 2.05) is 0 Å². The zero-order valence-electron chi connectivity index (χ0n) is 7.85. The molecule has 0 aromatic rings. The zero-order valence-corrected chi connectivity index (χ0v) is 7.85. The third-order valence-electron chi connectivity index (χ3n) is 2.24. The van der Waals surface area contributed by atoms with Gasteiger partial charge in [-0.05, 0) is 19.5 Å². The van der Waals surface area contributed by atoms with Crippen molar-refractivity contribution in [2.24, 2.45) is 0 Å². The van der Waals surface area contributed by atoms with Crippen LogP contribution in [-0.4, -0.2) is 55.0 Å². The topological polar surface area (TPSA) is 35.5 Å². The predicted octanol–water partition coefficient (Wildman–Crippen LogP) is 0.205. The van der Waals surface area contributed by atoms with E-state index in [2.05, 4.69) is 5.32 Å². The number of aliphatic hydroxyl groups excluding tert-OH is 1. The van der Waals surface area contributed by atoms with Gasteiger partial charge in [-0.3, -0.25) is 4.90 Å². The van der Waals surface area contributed by atoms with Crippen molar-refractivity contribution in [1.82, 2.24) is 10.2 Å². The van der Waals surface area contributed by atoms with Gasteiger partial charge >= 0.3 is 6.18 Å². The number of nitrogens with one attached hydrogen (secondary N) is 1. The maximum atomic E-state index is 12.0. The Hall–Kier alpha value is -0.330. The van der Waals surface area contributed by atoms with Gasteiger partial charge in [0.15, 0.2) is 6.10 Å². The van der Waals surface area contributed by atoms with Crippen molar-refractivity contribution < 1.29 is 18.3 Å². The molecule has 0 aromatic heterocycles. The molecular weight excluding hydrogens is 197 g/mol. The number of alkyl halides is 3. The zero-order chi connectivity index (χ0) is 10.6. The van der Waals surface area contributed by atoms with Crippen LogP contribution in [0.3, 0.4) is 0 Å². The molecule has 1 saturated heterocycles. The van der Waals surface area contributed by atoms with E-state index < -0.39 is 12.3 Å². The minimum Gasteiger partial charge on any atom is -0.382 e. The highest BCUT2D eigenvalue weighted by atomic mass is 19.4. The molecule has 1 unspecified atom stereocenters. The molecule has 0 aromatic carbocycles. The summed E-state index contributed by atoms with van der Waals surface area (Å²) >= 11 is 0. The van der Waals surface area contributed by atoms with Gasteiger partial charge in [-0.25, -0.2) is 0 Å². The minimum absolute atomic E-state index is 0.314. The van der Waals surface area contributed by atoms with Crippen LogP contribution in [0, 0.1) is 0 Å². The Kier molecular flexibility index (Phi) is 4.15. The van der Waals surface area contributed by atoms with E-state index in [9.17, 15) is 13.2 Å². The van der Waals surface area contributed by atoms with Gasteiger partial charge in [0, 0.05) is 19.6 Å². The van der Waals surface area contributed by atoms with Crippen LogP contribution in [0.2, 0.25) is 0 Å². The fraction of sp³-hybridized carbons (Fsp3) is 1.00. The molecule has 2 N–H and O–H groups in total. The first-order valence-electron chi connectivity index (χ1n) is 4.68. The van der Waals surface area contributed by atoms with E-state index in [1.54, 1.807) is 4.90 Å². The fourth-order valence-corrected chi connectivity index (χ4v) is 1.43. The SMILES string of the molecule is OC(CN1CCCNCC1)C(F)(F)F. The van der Waals surface area contributed by atoms with Gasteiger partial charge in [0.25, 0.3) is 0 Å². The summed E-state index contributed by atoms with van der Waals surface area (Å²) in [5.74, 6) is 0. The van der Waals surface area contributed by atoms with Gasteiger partial charge in [0.05, 0.1) is 0 Å². The smallest absolute Gasteiger partial charge is 0.382 e. The van der Waals surface area contributed by atoms with Crippen molar-refractivity contribution >= 4 is 0 Å². The lowest BCUT2D eigenvalue weighted by Gasteiger charge is -2.24. The van der Waals surface area contributed by atoms with Gasteiger partial charge < -0.3 is 10.4 Å². The van der Waals surface area contributed by atoms with E-state index in [0.29, 0.717) is 19.6 Å². The molecule has 0 amide bonds. The molecule has 1 aliphatic rings. The Labute approximate surface area is 80.9 Å². The van der Waals surface area contributed by atoms with Crippen LogP contribution in [0.4, 0.5) is 13.2 Å². The number of hydrogen-bond donors (Lipinski definition) is 2. The van der Waals surface area contributed by atoms with Crippen molar-refractivity contribution in [3.63, 3.8) is 0 Å². The maximum absolute atomic E-state index is 12.0. The van der Waals surface area contributed by atoms with Crippen LogP contribution in [0.25, 0.3) is 0 Å². The highest BCUT2D eigenvalue weighted by Crippen LogP contribution is 2.20. The maximum Gasteiger partial charge on any atom is 0.415 e. The number of aliphatic hydroxyl groups is 1. The summed E-state index contributed by atoms with van der Waals surface area (Å²) in [6.45, 7) is 2.38. The van der Waals surface area contributed by atoms with Crippen LogP contribution >= 0.6 is 0 Å². The van der Waals surface area contributed by atoms with Gasteiger partial charge in [0.2, 0.25) is 0 Å².